The quantitative estimate of drug-likeness (QED) is 0.0554. The lowest BCUT2D eigenvalue weighted by atomic mass is 10.00. The first-order valence-electron chi connectivity index (χ1n) is 22.9. The second kappa shape index (κ2) is 23.1. The van der Waals surface area contributed by atoms with Crippen LogP contribution in [0.4, 0.5) is 0 Å². The number of rotatable bonds is 21. The number of para-hydroxylation sites is 1. The third-order valence-electron chi connectivity index (χ3n) is 11.9. The van der Waals surface area contributed by atoms with Crippen LogP contribution in [0.1, 0.15) is 69.2 Å². The predicted molar refractivity (Wildman–Crippen MR) is 255 cm³/mol. The Morgan fingerprint density at radius 2 is 1.25 bits per heavy atom. The van der Waals surface area contributed by atoms with Crippen molar-refractivity contribution >= 4 is 46.4 Å². The molecular weight excluding hydrogens is 851 g/mol. The number of aliphatic carboxylic acids is 1. The summed E-state index contributed by atoms with van der Waals surface area (Å²) in [6.45, 7) is 7.26. The molecule has 0 saturated carbocycles. The fourth-order valence-electron chi connectivity index (χ4n) is 8.54. The van der Waals surface area contributed by atoms with E-state index >= 15 is 0 Å². The predicted octanol–water partition coefficient (Wildman–Crippen LogP) is 4.37. The smallest absolute Gasteiger partial charge is 0.326 e. The summed E-state index contributed by atoms with van der Waals surface area (Å²) in [6, 6.07) is 28.3. The van der Waals surface area contributed by atoms with E-state index in [4.69, 9.17) is 10.5 Å². The zero-order valence-corrected chi connectivity index (χ0v) is 38.6. The van der Waals surface area contributed by atoms with E-state index in [1.54, 1.807) is 58.2 Å². The third kappa shape index (κ3) is 14.1. The molecule has 5 amide bonds. The van der Waals surface area contributed by atoms with Gasteiger partial charge in [-0.1, -0.05) is 109 Å². The molecule has 4 aromatic carbocycles. The average molecular weight is 914 g/mol. The Balaban J connectivity index is 1.29. The Bertz CT molecular complexity index is 2460. The van der Waals surface area contributed by atoms with Crippen molar-refractivity contribution in [1.82, 2.24) is 31.2 Å². The van der Waals surface area contributed by atoms with Crippen LogP contribution in [0.3, 0.4) is 0 Å². The molecule has 1 aromatic heterocycles. The number of likely N-dealkylation sites (tertiary alicyclic amines) is 1. The van der Waals surface area contributed by atoms with Crippen LogP contribution in [0.5, 0.6) is 0 Å². The van der Waals surface area contributed by atoms with Gasteiger partial charge in [-0.15, -0.1) is 0 Å². The van der Waals surface area contributed by atoms with Crippen LogP contribution in [0.15, 0.2) is 121 Å². The normalized spacial score (nSPS) is 16.5. The number of aromatic nitrogens is 1. The van der Waals surface area contributed by atoms with E-state index in [0.717, 1.165) is 33.2 Å². The van der Waals surface area contributed by atoms with Gasteiger partial charge in [0.1, 0.15) is 30.2 Å². The fraction of sp³-hybridized carbons (Fsp3) is 0.385. The third-order valence-corrected chi connectivity index (χ3v) is 11.9. The number of aromatic amines is 1. The number of nitrogens with one attached hydrogen (secondary N) is 5. The van der Waals surface area contributed by atoms with Crippen molar-refractivity contribution in [3.8, 4) is 0 Å². The summed E-state index contributed by atoms with van der Waals surface area (Å²) in [4.78, 5) is 88.7. The number of aryl methyl sites for hydroxylation is 1. The summed E-state index contributed by atoms with van der Waals surface area (Å²) in [7, 11) is 0. The number of carbonyl (C=O) groups is 6. The minimum atomic E-state index is -1.39. The number of carboxylic acid groups (broad SMARTS) is 1. The topological polar surface area (TPSA) is 225 Å². The van der Waals surface area contributed by atoms with Gasteiger partial charge in [0, 0.05) is 36.5 Å². The van der Waals surface area contributed by atoms with Gasteiger partial charge in [-0.2, -0.15) is 0 Å². The second-order valence-corrected chi connectivity index (χ2v) is 18.2. The Morgan fingerprint density at radius 3 is 1.88 bits per heavy atom. The van der Waals surface area contributed by atoms with Crippen molar-refractivity contribution in [2.75, 3.05) is 6.54 Å². The van der Waals surface area contributed by atoms with Crippen LogP contribution in [-0.2, 0) is 59.2 Å². The maximum atomic E-state index is 14.8. The number of fused-ring (bicyclic) bond motifs is 1. The standard InChI is InChI=1S/C52H63N7O8/c1-33(67-52(2,3)4)45(49(63)57-43(30-36-21-12-7-13-22-36)50(64)59-28-16-25-44(59)51(65)66)58-47(61)41(27-26-34-17-8-5-9-18-34)55-48(62)42(31-37-32-54-40-24-15-14-23-38(37)40)56-46(60)39(53)29-35-19-10-6-11-20-35/h5-15,17-24,32-33,39,41-45,54H,16,25-31,53H2,1-4H3,(H,55,62)(H,56,60)(H,57,63)(H,58,61)(H,65,66)/t33-,39+,41+,42-,43+,44+,45+/m1/s1. The van der Waals surface area contributed by atoms with Crippen molar-refractivity contribution in [3.63, 3.8) is 0 Å². The second-order valence-electron chi connectivity index (χ2n) is 18.2. The van der Waals surface area contributed by atoms with Crippen LogP contribution < -0.4 is 27.0 Å². The molecule has 0 spiro atoms. The SMILES string of the molecule is C[C@@H](OC(C)(C)C)[C@H](NC(=O)[C@H](CCc1ccccc1)NC(=O)[C@@H](Cc1c[nH]c2ccccc12)NC(=O)[C@@H](N)Cc1ccccc1)C(=O)N[C@@H](Cc1ccccc1)C(=O)N1CCC[C@H]1C(=O)O. The summed E-state index contributed by atoms with van der Waals surface area (Å²) < 4.78 is 6.26. The average Bonchev–Trinajstić information content (AvgIpc) is 3.97. The molecule has 7 atom stereocenters. The van der Waals surface area contributed by atoms with E-state index in [2.05, 4.69) is 26.3 Å². The first kappa shape index (κ1) is 49.6. The molecule has 354 valence electrons. The Hall–Kier alpha value is -6.84. The highest BCUT2D eigenvalue weighted by atomic mass is 16.5. The maximum Gasteiger partial charge on any atom is 0.326 e. The van der Waals surface area contributed by atoms with E-state index in [1.807, 2.05) is 91.0 Å². The van der Waals surface area contributed by atoms with Gasteiger partial charge in [-0.3, -0.25) is 24.0 Å². The summed E-state index contributed by atoms with van der Waals surface area (Å²) in [5, 5.41) is 22.3. The molecule has 2 heterocycles. The number of carbonyl (C=O) groups excluding carboxylic acids is 5. The number of hydrogen-bond acceptors (Lipinski definition) is 8. The molecule has 15 nitrogen and oxygen atoms in total. The minimum absolute atomic E-state index is 0.0533. The number of nitrogens with two attached hydrogens (primary N) is 1. The molecule has 67 heavy (non-hydrogen) atoms. The van der Waals surface area contributed by atoms with E-state index in [9.17, 15) is 33.9 Å². The highest BCUT2D eigenvalue weighted by Gasteiger charge is 2.40. The molecule has 0 unspecified atom stereocenters. The van der Waals surface area contributed by atoms with E-state index in [1.165, 1.54) is 4.90 Å². The van der Waals surface area contributed by atoms with Crippen molar-refractivity contribution in [2.45, 2.75) is 121 Å². The molecule has 1 aliphatic heterocycles. The summed E-state index contributed by atoms with van der Waals surface area (Å²) in [6.07, 6.45) is 2.40. The first-order chi connectivity index (χ1) is 32.1. The number of H-pyrrole nitrogens is 1. The van der Waals surface area contributed by atoms with Gasteiger partial charge < -0.3 is 46.7 Å². The van der Waals surface area contributed by atoms with Crippen molar-refractivity contribution in [2.24, 2.45) is 5.73 Å². The zero-order chi connectivity index (χ0) is 48.1. The Labute approximate surface area is 391 Å². The number of amides is 5. The van der Waals surface area contributed by atoms with Crippen molar-refractivity contribution < 1.29 is 38.6 Å². The minimum Gasteiger partial charge on any atom is -0.480 e. The molecule has 0 aliphatic carbocycles. The van der Waals surface area contributed by atoms with Crippen LogP contribution in [0.25, 0.3) is 10.9 Å². The maximum absolute atomic E-state index is 14.8. The number of ether oxygens (including phenoxy) is 1. The van der Waals surface area contributed by atoms with Crippen molar-refractivity contribution in [1.29, 1.82) is 0 Å². The van der Waals surface area contributed by atoms with Gasteiger partial charge in [-0.25, -0.2) is 4.79 Å². The van der Waals surface area contributed by atoms with Crippen LogP contribution >= 0.6 is 0 Å². The molecule has 15 heteroatoms. The number of carboxylic acids is 1. The molecule has 5 aromatic rings. The molecule has 1 saturated heterocycles. The van der Waals surface area contributed by atoms with Crippen LogP contribution in [-0.4, -0.2) is 105 Å². The highest BCUT2D eigenvalue weighted by Crippen LogP contribution is 2.22. The Morgan fingerprint density at radius 1 is 0.701 bits per heavy atom. The zero-order valence-electron chi connectivity index (χ0n) is 38.6. The first-order valence-corrected chi connectivity index (χ1v) is 22.9. The number of benzene rings is 4. The van der Waals surface area contributed by atoms with E-state index in [0.29, 0.717) is 12.8 Å². The van der Waals surface area contributed by atoms with Crippen LogP contribution in [0.2, 0.25) is 0 Å². The van der Waals surface area contributed by atoms with Gasteiger partial charge in [0.25, 0.3) is 0 Å². The molecule has 0 radical (unpaired) electrons. The van der Waals surface area contributed by atoms with Gasteiger partial charge in [0.2, 0.25) is 29.5 Å². The summed E-state index contributed by atoms with van der Waals surface area (Å²) >= 11 is 0. The monoisotopic (exact) mass is 913 g/mol. The fourth-order valence-corrected chi connectivity index (χ4v) is 8.54. The lowest BCUT2D eigenvalue weighted by molar-refractivity contribution is -0.150. The van der Waals surface area contributed by atoms with Crippen molar-refractivity contribution in [3.05, 3.63) is 144 Å². The molecule has 6 rings (SSSR count). The van der Waals surface area contributed by atoms with Gasteiger partial charge in [0.05, 0.1) is 17.7 Å². The number of hydrogen-bond donors (Lipinski definition) is 7. The number of nitrogens with zero attached hydrogens (tertiary/aromatic N) is 1. The van der Waals surface area contributed by atoms with Gasteiger partial charge in [-0.05, 0) is 88.1 Å². The molecule has 0 bridgehead atoms. The lowest BCUT2D eigenvalue weighted by Gasteiger charge is -2.33. The molecule has 1 fully saturated rings. The highest BCUT2D eigenvalue weighted by molar-refractivity contribution is 5.97. The van der Waals surface area contributed by atoms with E-state index in [-0.39, 0.29) is 38.6 Å². The Kier molecular flexibility index (Phi) is 17.1. The lowest BCUT2D eigenvalue weighted by Crippen LogP contribution is -2.62. The van der Waals surface area contributed by atoms with Gasteiger partial charge in [0.15, 0.2) is 0 Å². The summed E-state index contributed by atoms with van der Waals surface area (Å²) in [5.74, 6) is -4.34. The molecular formula is C52H63N7O8. The molecule has 8 N–H and O–H groups in total. The van der Waals surface area contributed by atoms with Crippen LogP contribution in [0, 0.1) is 0 Å². The van der Waals surface area contributed by atoms with Gasteiger partial charge >= 0.3 is 5.97 Å². The summed E-state index contributed by atoms with van der Waals surface area (Å²) in [5.41, 5.74) is 9.71. The largest absolute Gasteiger partial charge is 0.480 e. The molecule has 1 aliphatic rings. The van der Waals surface area contributed by atoms with E-state index < -0.39 is 83.5 Å².